The second-order valence-corrected chi connectivity index (χ2v) is 6.03. The van der Waals surface area contributed by atoms with Crippen molar-refractivity contribution in [1.82, 2.24) is 15.4 Å². The summed E-state index contributed by atoms with van der Waals surface area (Å²) in [5.41, 5.74) is 0.663. The average molecular weight is 255 g/mol. The third-order valence-corrected chi connectivity index (χ3v) is 5.00. The Labute approximate surface area is 104 Å². The topological polar surface area (TPSA) is 71.0 Å². The van der Waals surface area contributed by atoms with E-state index >= 15 is 0 Å². The molecule has 94 valence electrons. The van der Waals surface area contributed by atoms with E-state index in [4.69, 9.17) is 4.74 Å². The maximum atomic E-state index is 10.3. The molecule has 3 rings (SSSR count). The molecular weight excluding hydrogens is 238 g/mol. The molecule has 0 radical (unpaired) electrons. The molecule has 2 fully saturated rings. The quantitative estimate of drug-likeness (QED) is 0.829. The highest BCUT2D eigenvalue weighted by molar-refractivity contribution is 7.99. The fraction of sp³-hybridized carbons (Fsp3) is 0.818. The van der Waals surface area contributed by atoms with Crippen molar-refractivity contribution in [2.75, 3.05) is 18.1 Å². The van der Waals surface area contributed by atoms with Crippen LogP contribution in [0.25, 0.3) is 0 Å². The third kappa shape index (κ3) is 2.21. The number of aromatic amines is 1. The second-order valence-electron chi connectivity index (χ2n) is 4.93. The van der Waals surface area contributed by atoms with Crippen molar-refractivity contribution in [3.05, 3.63) is 11.9 Å². The van der Waals surface area contributed by atoms with Crippen molar-refractivity contribution in [3.8, 4) is 0 Å². The van der Waals surface area contributed by atoms with Crippen molar-refractivity contribution in [2.24, 2.45) is 5.92 Å². The van der Waals surface area contributed by atoms with E-state index in [1.807, 2.05) is 11.8 Å². The van der Waals surface area contributed by atoms with Gasteiger partial charge in [0.05, 0.1) is 11.8 Å². The number of aliphatic hydroxyl groups is 1. The Kier molecular flexibility index (Phi) is 3.10. The molecule has 1 spiro atoms. The van der Waals surface area contributed by atoms with Crippen LogP contribution in [-0.2, 0) is 4.74 Å². The lowest BCUT2D eigenvalue weighted by Gasteiger charge is -2.39. The van der Waals surface area contributed by atoms with Gasteiger partial charge < -0.3 is 9.84 Å². The Hall–Kier alpha value is -0.590. The first-order valence-corrected chi connectivity index (χ1v) is 7.20. The predicted octanol–water partition coefficient (Wildman–Crippen LogP) is 1.14. The van der Waals surface area contributed by atoms with Crippen LogP contribution >= 0.6 is 11.8 Å². The number of hydrogen-bond acceptors (Lipinski definition) is 5. The number of aromatic nitrogens is 3. The summed E-state index contributed by atoms with van der Waals surface area (Å²) in [6.07, 6.45) is 4.05. The van der Waals surface area contributed by atoms with E-state index in [0.717, 1.165) is 31.6 Å². The molecule has 6 heteroatoms. The molecule has 1 aromatic rings. The molecule has 3 heterocycles. The van der Waals surface area contributed by atoms with E-state index in [9.17, 15) is 5.11 Å². The first-order chi connectivity index (χ1) is 8.29. The number of rotatable bonds is 2. The SMILES string of the molecule is OC(c1cn[nH]n1)C1CCOC2(CCSC2)C1. The summed E-state index contributed by atoms with van der Waals surface area (Å²) in [6.45, 7) is 0.750. The summed E-state index contributed by atoms with van der Waals surface area (Å²) in [5.74, 6) is 2.48. The van der Waals surface area contributed by atoms with Crippen LogP contribution in [-0.4, -0.2) is 44.2 Å². The van der Waals surface area contributed by atoms with Crippen LogP contribution in [0.5, 0.6) is 0 Å². The van der Waals surface area contributed by atoms with Gasteiger partial charge in [0.25, 0.3) is 0 Å². The minimum Gasteiger partial charge on any atom is -0.386 e. The third-order valence-electron chi connectivity index (χ3n) is 3.78. The summed E-state index contributed by atoms with van der Waals surface area (Å²) in [4.78, 5) is 0. The minimum atomic E-state index is -0.514. The van der Waals surface area contributed by atoms with Crippen LogP contribution in [0.2, 0.25) is 0 Å². The van der Waals surface area contributed by atoms with Crippen molar-refractivity contribution in [3.63, 3.8) is 0 Å². The molecule has 2 N–H and O–H groups in total. The largest absolute Gasteiger partial charge is 0.386 e. The fourth-order valence-corrected chi connectivity index (χ4v) is 4.17. The first kappa shape index (κ1) is 11.5. The van der Waals surface area contributed by atoms with Crippen molar-refractivity contribution >= 4 is 11.8 Å². The van der Waals surface area contributed by atoms with E-state index in [1.54, 1.807) is 6.20 Å². The number of nitrogens with one attached hydrogen (secondary N) is 1. The Morgan fingerprint density at radius 2 is 2.59 bits per heavy atom. The van der Waals surface area contributed by atoms with Gasteiger partial charge in [0.15, 0.2) is 0 Å². The summed E-state index contributed by atoms with van der Waals surface area (Å²) >= 11 is 1.95. The van der Waals surface area contributed by atoms with Gasteiger partial charge in [-0.1, -0.05) is 0 Å². The normalized spacial score (nSPS) is 35.2. The van der Waals surface area contributed by atoms with Gasteiger partial charge in [0, 0.05) is 12.4 Å². The van der Waals surface area contributed by atoms with Gasteiger partial charge in [-0.15, -0.1) is 0 Å². The van der Waals surface area contributed by atoms with Crippen LogP contribution in [0.15, 0.2) is 6.20 Å². The van der Waals surface area contributed by atoms with Crippen LogP contribution in [0.3, 0.4) is 0 Å². The van der Waals surface area contributed by atoms with E-state index in [2.05, 4.69) is 15.4 Å². The number of aliphatic hydroxyl groups excluding tert-OH is 1. The van der Waals surface area contributed by atoms with E-state index in [0.29, 0.717) is 5.69 Å². The van der Waals surface area contributed by atoms with Crippen LogP contribution in [0.4, 0.5) is 0 Å². The fourth-order valence-electron chi connectivity index (χ4n) is 2.79. The molecular formula is C11H17N3O2S. The van der Waals surface area contributed by atoms with Gasteiger partial charge in [0.1, 0.15) is 11.8 Å². The van der Waals surface area contributed by atoms with Gasteiger partial charge >= 0.3 is 0 Å². The molecule has 17 heavy (non-hydrogen) atoms. The summed E-state index contributed by atoms with van der Waals surface area (Å²) < 4.78 is 5.95. The van der Waals surface area contributed by atoms with Gasteiger partial charge in [-0.3, -0.25) is 0 Å². The zero-order valence-corrected chi connectivity index (χ0v) is 10.4. The molecule has 2 aliphatic heterocycles. The average Bonchev–Trinajstić information content (AvgIpc) is 3.00. The summed E-state index contributed by atoms with van der Waals surface area (Å²) in [7, 11) is 0. The molecule has 1 aromatic heterocycles. The number of hydrogen-bond donors (Lipinski definition) is 2. The van der Waals surface area contributed by atoms with Crippen LogP contribution < -0.4 is 0 Å². The zero-order chi connectivity index (χ0) is 11.7. The zero-order valence-electron chi connectivity index (χ0n) is 9.63. The molecule has 0 aliphatic carbocycles. The molecule has 3 unspecified atom stereocenters. The number of nitrogens with zero attached hydrogens (tertiary/aromatic N) is 2. The highest BCUT2D eigenvalue weighted by Crippen LogP contribution is 2.43. The smallest absolute Gasteiger partial charge is 0.111 e. The molecule has 3 atom stereocenters. The summed E-state index contributed by atoms with van der Waals surface area (Å²) in [5, 5.41) is 20.6. The predicted molar refractivity (Wildman–Crippen MR) is 64.7 cm³/mol. The van der Waals surface area contributed by atoms with Gasteiger partial charge in [-0.25, -0.2) is 0 Å². The number of H-pyrrole nitrogens is 1. The second kappa shape index (κ2) is 4.59. The molecule has 5 nitrogen and oxygen atoms in total. The van der Waals surface area contributed by atoms with Gasteiger partial charge in [0.2, 0.25) is 0 Å². The molecule has 2 saturated heterocycles. The lowest BCUT2D eigenvalue weighted by Crippen LogP contribution is -2.41. The van der Waals surface area contributed by atoms with Crippen molar-refractivity contribution < 1.29 is 9.84 Å². The Balaban J connectivity index is 1.71. The van der Waals surface area contributed by atoms with Crippen LogP contribution in [0, 0.1) is 5.92 Å². The summed E-state index contributed by atoms with van der Waals surface area (Å²) in [6, 6.07) is 0. The maximum absolute atomic E-state index is 10.3. The Morgan fingerprint density at radius 3 is 3.29 bits per heavy atom. The lowest BCUT2D eigenvalue weighted by molar-refractivity contribution is -0.102. The Morgan fingerprint density at radius 1 is 1.65 bits per heavy atom. The monoisotopic (exact) mass is 255 g/mol. The highest BCUT2D eigenvalue weighted by Gasteiger charge is 2.42. The van der Waals surface area contributed by atoms with Gasteiger partial charge in [-0.2, -0.15) is 27.2 Å². The standard InChI is InChI=1S/C11H17N3O2S/c15-10(9-6-12-14-13-9)8-1-3-16-11(5-8)2-4-17-7-11/h6,8,10,15H,1-5,7H2,(H,12,13,14). The van der Waals surface area contributed by atoms with E-state index in [-0.39, 0.29) is 11.5 Å². The molecule has 0 saturated carbocycles. The number of ether oxygens (including phenoxy) is 1. The van der Waals surface area contributed by atoms with Gasteiger partial charge in [-0.05, 0) is 30.9 Å². The molecule has 0 amide bonds. The van der Waals surface area contributed by atoms with E-state index in [1.165, 1.54) is 5.75 Å². The molecule has 0 bridgehead atoms. The first-order valence-electron chi connectivity index (χ1n) is 6.05. The maximum Gasteiger partial charge on any atom is 0.111 e. The lowest BCUT2D eigenvalue weighted by atomic mass is 9.81. The number of thioether (sulfide) groups is 1. The van der Waals surface area contributed by atoms with Crippen molar-refractivity contribution in [2.45, 2.75) is 31.0 Å². The molecule has 2 aliphatic rings. The van der Waals surface area contributed by atoms with Crippen LogP contribution in [0.1, 0.15) is 31.1 Å². The minimum absolute atomic E-state index is 0.0122. The highest BCUT2D eigenvalue weighted by atomic mass is 32.2. The molecule has 0 aromatic carbocycles. The Bertz CT molecular complexity index is 365. The van der Waals surface area contributed by atoms with Crippen molar-refractivity contribution in [1.29, 1.82) is 0 Å². The van der Waals surface area contributed by atoms with E-state index < -0.39 is 6.10 Å².